The first-order chi connectivity index (χ1) is 13.9. The number of carbonyl (C=O) groups is 2. The Balaban J connectivity index is 1.57. The standard InChI is InChI=1S/C20H22N2O6S/c1-2-27-17-9-11-18(12-10-17)29(25,26)22-16-5-3-14(4-6-16)20(24)28-13-19(23)21-15-7-8-15/h3-6,9-12,15,22H,2,7-8,13H2,1H3,(H,21,23). The summed E-state index contributed by atoms with van der Waals surface area (Å²) in [4.78, 5) is 23.6. The van der Waals surface area contributed by atoms with Gasteiger partial charge in [0.2, 0.25) is 0 Å². The van der Waals surface area contributed by atoms with E-state index >= 15 is 0 Å². The molecule has 29 heavy (non-hydrogen) atoms. The van der Waals surface area contributed by atoms with E-state index in [0.29, 0.717) is 18.0 Å². The van der Waals surface area contributed by atoms with Gasteiger partial charge in [-0.05, 0) is 68.3 Å². The summed E-state index contributed by atoms with van der Waals surface area (Å²) in [6.07, 6.45) is 1.90. The van der Waals surface area contributed by atoms with Crippen LogP contribution in [0.3, 0.4) is 0 Å². The van der Waals surface area contributed by atoms with Gasteiger partial charge in [-0.15, -0.1) is 0 Å². The molecule has 0 aromatic heterocycles. The minimum absolute atomic E-state index is 0.0890. The molecule has 2 N–H and O–H groups in total. The topological polar surface area (TPSA) is 111 Å². The molecule has 0 saturated heterocycles. The van der Waals surface area contributed by atoms with Crippen LogP contribution < -0.4 is 14.8 Å². The number of hydrogen-bond acceptors (Lipinski definition) is 6. The average molecular weight is 418 g/mol. The second-order valence-electron chi connectivity index (χ2n) is 6.51. The predicted molar refractivity (Wildman–Crippen MR) is 106 cm³/mol. The van der Waals surface area contributed by atoms with Crippen LogP contribution in [0, 0.1) is 0 Å². The Morgan fingerprint density at radius 1 is 1.03 bits per heavy atom. The predicted octanol–water partition coefficient (Wildman–Crippen LogP) is 2.32. The zero-order valence-corrected chi connectivity index (χ0v) is 16.7. The number of hydrogen-bond donors (Lipinski definition) is 2. The van der Waals surface area contributed by atoms with Gasteiger partial charge in [-0.2, -0.15) is 0 Å². The largest absolute Gasteiger partial charge is 0.494 e. The van der Waals surface area contributed by atoms with E-state index in [-0.39, 0.29) is 29.0 Å². The Morgan fingerprint density at radius 3 is 2.28 bits per heavy atom. The minimum atomic E-state index is -3.78. The second-order valence-corrected chi connectivity index (χ2v) is 8.19. The molecule has 0 spiro atoms. The monoisotopic (exact) mass is 418 g/mol. The summed E-state index contributed by atoms with van der Waals surface area (Å²) in [6.45, 7) is 1.99. The number of benzene rings is 2. The number of sulfonamides is 1. The summed E-state index contributed by atoms with van der Waals surface area (Å²) >= 11 is 0. The third-order valence-corrected chi connectivity index (χ3v) is 5.49. The summed E-state index contributed by atoms with van der Waals surface area (Å²) in [7, 11) is -3.78. The first-order valence-electron chi connectivity index (χ1n) is 9.19. The molecule has 2 aromatic rings. The lowest BCUT2D eigenvalue weighted by atomic mass is 10.2. The van der Waals surface area contributed by atoms with E-state index in [1.165, 1.54) is 36.4 Å². The van der Waals surface area contributed by atoms with Gasteiger partial charge in [-0.25, -0.2) is 13.2 Å². The van der Waals surface area contributed by atoms with Gasteiger partial charge in [0.15, 0.2) is 6.61 Å². The minimum Gasteiger partial charge on any atom is -0.494 e. The molecule has 0 atom stereocenters. The van der Waals surface area contributed by atoms with Gasteiger partial charge in [0, 0.05) is 11.7 Å². The molecule has 1 amide bonds. The molecule has 3 rings (SSSR count). The van der Waals surface area contributed by atoms with Crippen LogP contribution in [0.15, 0.2) is 53.4 Å². The van der Waals surface area contributed by atoms with Gasteiger partial charge >= 0.3 is 5.97 Å². The maximum absolute atomic E-state index is 12.5. The zero-order chi connectivity index (χ0) is 20.9. The zero-order valence-electron chi connectivity index (χ0n) is 15.9. The first-order valence-corrected chi connectivity index (χ1v) is 10.7. The fraction of sp³-hybridized carbons (Fsp3) is 0.300. The normalized spacial score (nSPS) is 13.4. The number of amides is 1. The SMILES string of the molecule is CCOc1ccc(S(=O)(=O)Nc2ccc(C(=O)OCC(=O)NC3CC3)cc2)cc1. The second kappa shape index (κ2) is 8.95. The molecule has 0 radical (unpaired) electrons. The average Bonchev–Trinajstić information content (AvgIpc) is 3.51. The van der Waals surface area contributed by atoms with Crippen molar-refractivity contribution in [1.82, 2.24) is 5.32 Å². The van der Waals surface area contributed by atoms with E-state index in [2.05, 4.69) is 10.0 Å². The van der Waals surface area contributed by atoms with Crippen molar-refractivity contribution in [1.29, 1.82) is 0 Å². The first kappa shape index (κ1) is 20.7. The van der Waals surface area contributed by atoms with Crippen molar-refractivity contribution >= 4 is 27.6 Å². The molecule has 8 nitrogen and oxygen atoms in total. The Labute approximate surface area is 169 Å². The maximum atomic E-state index is 12.5. The molecule has 1 fully saturated rings. The lowest BCUT2D eigenvalue weighted by molar-refractivity contribution is -0.124. The Morgan fingerprint density at radius 2 is 1.69 bits per heavy atom. The van der Waals surface area contributed by atoms with Gasteiger partial charge in [-0.3, -0.25) is 9.52 Å². The highest BCUT2D eigenvalue weighted by Gasteiger charge is 2.23. The van der Waals surface area contributed by atoms with E-state index in [4.69, 9.17) is 9.47 Å². The van der Waals surface area contributed by atoms with Crippen molar-refractivity contribution in [2.24, 2.45) is 0 Å². The molecule has 0 heterocycles. The lowest BCUT2D eigenvalue weighted by Gasteiger charge is -2.10. The molecule has 0 bridgehead atoms. The summed E-state index contributed by atoms with van der Waals surface area (Å²) < 4.78 is 37.6. The quantitative estimate of drug-likeness (QED) is 0.605. The van der Waals surface area contributed by atoms with Crippen molar-refractivity contribution < 1.29 is 27.5 Å². The maximum Gasteiger partial charge on any atom is 0.338 e. The number of esters is 1. The summed E-state index contributed by atoms with van der Waals surface area (Å²) in [5.41, 5.74) is 0.509. The molecule has 0 unspecified atom stereocenters. The highest BCUT2D eigenvalue weighted by atomic mass is 32.2. The van der Waals surface area contributed by atoms with E-state index in [1.807, 2.05) is 6.92 Å². The van der Waals surface area contributed by atoms with Crippen molar-refractivity contribution in [3.05, 3.63) is 54.1 Å². The molecule has 154 valence electrons. The molecule has 1 aliphatic rings. The van der Waals surface area contributed by atoms with Crippen LogP contribution in [-0.2, 0) is 19.6 Å². The highest BCUT2D eigenvalue weighted by molar-refractivity contribution is 7.92. The third kappa shape index (κ3) is 5.95. The van der Waals surface area contributed by atoms with E-state index in [1.54, 1.807) is 12.1 Å². The fourth-order valence-electron chi connectivity index (χ4n) is 2.48. The van der Waals surface area contributed by atoms with Crippen molar-refractivity contribution in [3.63, 3.8) is 0 Å². The number of anilines is 1. The Kier molecular flexibility index (Phi) is 6.38. The van der Waals surface area contributed by atoms with Crippen LogP contribution in [-0.4, -0.2) is 39.5 Å². The van der Waals surface area contributed by atoms with Crippen LogP contribution in [0.5, 0.6) is 5.75 Å². The van der Waals surface area contributed by atoms with Gasteiger partial charge < -0.3 is 14.8 Å². The summed E-state index contributed by atoms with van der Waals surface area (Å²) in [6, 6.07) is 12.0. The van der Waals surface area contributed by atoms with Crippen LogP contribution in [0.2, 0.25) is 0 Å². The molecule has 0 aliphatic heterocycles. The Hall–Kier alpha value is -3.07. The molecule has 1 aliphatic carbocycles. The van der Waals surface area contributed by atoms with Gasteiger partial charge in [0.05, 0.1) is 17.1 Å². The van der Waals surface area contributed by atoms with Crippen molar-refractivity contribution in [3.8, 4) is 5.75 Å². The van der Waals surface area contributed by atoms with E-state index in [0.717, 1.165) is 12.8 Å². The van der Waals surface area contributed by atoms with Crippen molar-refractivity contribution in [2.45, 2.75) is 30.7 Å². The van der Waals surface area contributed by atoms with Gasteiger partial charge in [0.1, 0.15) is 5.75 Å². The molecule has 1 saturated carbocycles. The van der Waals surface area contributed by atoms with Gasteiger partial charge in [0.25, 0.3) is 15.9 Å². The smallest absolute Gasteiger partial charge is 0.338 e. The lowest BCUT2D eigenvalue weighted by Crippen LogP contribution is -2.30. The summed E-state index contributed by atoms with van der Waals surface area (Å²) in [5.74, 6) is -0.405. The molecule has 9 heteroatoms. The number of rotatable bonds is 9. The Bertz CT molecular complexity index is 967. The number of nitrogens with one attached hydrogen (secondary N) is 2. The van der Waals surface area contributed by atoms with E-state index < -0.39 is 16.0 Å². The van der Waals surface area contributed by atoms with Crippen LogP contribution in [0.1, 0.15) is 30.1 Å². The van der Waals surface area contributed by atoms with Crippen LogP contribution in [0.4, 0.5) is 5.69 Å². The third-order valence-electron chi connectivity index (χ3n) is 4.09. The fourth-order valence-corrected chi connectivity index (χ4v) is 3.54. The van der Waals surface area contributed by atoms with Gasteiger partial charge in [-0.1, -0.05) is 0 Å². The number of ether oxygens (including phenoxy) is 2. The van der Waals surface area contributed by atoms with E-state index in [9.17, 15) is 18.0 Å². The summed E-state index contributed by atoms with van der Waals surface area (Å²) in [5, 5.41) is 2.72. The molecule has 2 aromatic carbocycles. The van der Waals surface area contributed by atoms with Crippen LogP contribution >= 0.6 is 0 Å². The number of carbonyl (C=O) groups excluding carboxylic acids is 2. The van der Waals surface area contributed by atoms with Crippen molar-refractivity contribution in [2.75, 3.05) is 17.9 Å². The molecular formula is C20H22N2O6S. The highest BCUT2D eigenvalue weighted by Crippen LogP contribution is 2.20. The van der Waals surface area contributed by atoms with Crippen LogP contribution in [0.25, 0.3) is 0 Å². The molecular weight excluding hydrogens is 396 g/mol.